The molecule has 6 heteroatoms. The second-order valence-corrected chi connectivity index (χ2v) is 6.36. The number of nitriles is 3. The normalized spacial score (nSPS) is 11.0. The zero-order valence-corrected chi connectivity index (χ0v) is 17.0. The first-order valence-electron chi connectivity index (χ1n) is 9.48. The molecule has 0 bridgehead atoms. The van der Waals surface area contributed by atoms with E-state index in [9.17, 15) is 15.8 Å². The van der Waals surface area contributed by atoms with Crippen molar-refractivity contribution >= 4 is 5.57 Å². The van der Waals surface area contributed by atoms with E-state index in [0.717, 1.165) is 0 Å². The van der Waals surface area contributed by atoms with Gasteiger partial charge in [-0.1, -0.05) is 55.7 Å². The van der Waals surface area contributed by atoms with Gasteiger partial charge in [-0.05, 0) is 30.3 Å². The van der Waals surface area contributed by atoms with Crippen LogP contribution in [0.15, 0.2) is 91.6 Å². The summed E-state index contributed by atoms with van der Waals surface area (Å²) in [5, 5.41) is 28.7. The highest BCUT2D eigenvalue weighted by atomic mass is 15.0. The van der Waals surface area contributed by atoms with Crippen LogP contribution in [0, 0.1) is 34.0 Å². The SMILES string of the molecule is C=C/C=C\C(=C(\C#N)C=C)c1nc(-c2ccccc2C#N)nc(-c2ccccc2C#N)n1. The first kappa shape index (κ1) is 21.6. The van der Waals surface area contributed by atoms with Gasteiger partial charge in [-0.15, -0.1) is 0 Å². The van der Waals surface area contributed by atoms with Gasteiger partial charge in [0.25, 0.3) is 0 Å². The molecular formula is C26H16N6. The molecule has 0 spiro atoms. The van der Waals surface area contributed by atoms with Crippen LogP contribution in [-0.2, 0) is 0 Å². The Hall–Kier alpha value is -5.12. The molecule has 3 aromatic rings. The molecule has 0 aliphatic rings. The number of rotatable bonds is 6. The Morgan fingerprint density at radius 3 is 1.75 bits per heavy atom. The van der Waals surface area contributed by atoms with Gasteiger partial charge in [0.1, 0.15) is 0 Å². The second kappa shape index (κ2) is 10.1. The first-order chi connectivity index (χ1) is 15.7. The van der Waals surface area contributed by atoms with E-state index in [0.29, 0.717) is 27.8 Å². The number of aromatic nitrogens is 3. The number of nitrogens with zero attached hydrogens (tertiary/aromatic N) is 6. The van der Waals surface area contributed by atoms with Gasteiger partial charge >= 0.3 is 0 Å². The molecule has 0 radical (unpaired) electrons. The Balaban J connectivity index is 2.42. The van der Waals surface area contributed by atoms with E-state index in [-0.39, 0.29) is 23.0 Å². The zero-order valence-electron chi connectivity index (χ0n) is 17.0. The van der Waals surface area contributed by atoms with Gasteiger partial charge < -0.3 is 0 Å². The molecule has 0 atom stereocenters. The molecule has 3 rings (SSSR count). The molecule has 2 aromatic carbocycles. The lowest BCUT2D eigenvalue weighted by Crippen LogP contribution is -2.04. The van der Waals surface area contributed by atoms with Gasteiger partial charge in [0.2, 0.25) is 0 Å². The topological polar surface area (TPSA) is 110 Å². The lowest BCUT2D eigenvalue weighted by molar-refractivity contribution is 1.03. The Morgan fingerprint density at radius 1 is 0.781 bits per heavy atom. The van der Waals surface area contributed by atoms with E-state index in [1.165, 1.54) is 6.08 Å². The molecule has 0 amide bonds. The lowest BCUT2D eigenvalue weighted by Gasteiger charge is -2.11. The molecule has 32 heavy (non-hydrogen) atoms. The van der Waals surface area contributed by atoms with Crippen LogP contribution in [0.3, 0.4) is 0 Å². The Labute approximate surface area is 186 Å². The van der Waals surface area contributed by atoms with Crippen molar-refractivity contribution < 1.29 is 0 Å². The molecular weight excluding hydrogens is 396 g/mol. The minimum Gasteiger partial charge on any atom is -0.208 e. The Kier molecular flexibility index (Phi) is 6.79. The Bertz CT molecular complexity index is 1320. The van der Waals surface area contributed by atoms with Crippen molar-refractivity contribution in [3.8, 4) is 41.0 Å². The summed E-state index contributed by atoms with van der Waals surface area (Å²) in [6, 6.07) is 20.2. The smallest absolute Gasteiger partial charge is 0.165 e. The number of benzene rings is 2. The monoisotopic (exact) mass is 412 g/mol. The van der Waals surface area contributed by atoms with Gasteiger partial charge in [-0.2, -0.15) is 15.8 Å². The van der Waals surface area contributed by atoms with Crippen molar-refractivity contribution in [2.24, 2.45) is 0 Å². The molecule has 0 N–H and O–H groups in total. The minimum atomic E-state index is 0.208. The van der Waals surface area contributed by atoms with E-state index in [4.69, 9.17) is 0 Å². The standard InChI is InChI=1S/C26H16N6/c1-3-5-12-21(18(4-2)15-27)24-30-25(22-13-8-6-10-19(22)16-28)32-26(31-24)23-14-9-7-11-20(23)17-29/h3-14H,1-2H2/b12-5-,21-18-. The van der Waals surface area contributed by atoms with Crippen molar-refractivity contribution in [1.82, 2.24) is 15.0 Å². The molecule has 0 aliphatic heterocycles. The van der Waals surface area contributed by atoms with Crippen molar-refractivity contribution in [2.45, 2.75) is 0 Å². The molecule has 6 nitrogen and oxygen atoms in total. The minimum absolute atomic E-state index is 0.208. The first-order valence-corrected chi connectivity index (χ1v) is 9.48. The highest BCUT2D eigenvalue weighted by Crippen LogP contribution is 2.28. The second-order valence-electron chi connectivity index (χ2n) is 6.36. The molecule has 0 aliphatic carbocycles. The van der Waals surface area contributed by atoms with Gasteiger partial charge in [-0.3, -0.25) is 0 Å². The number of hydrogen-bond acceptors (Lipinski definition) is 6. The van der Waals surface area contributed by atoms with Gasteiger partial charge in [0, 0.05) is 16.7 Å². The predicted octanol–water partition coefficient (Wildman–Crippen LogP) is 5.15. The van der Waals surface area contributed by atoms with E-state index in [2.05, 4.69) is 46.3 Å². The van der Waals surface area contributed by atoms with Crippen LogP contribution in [0.5, 0.6) is 0 Å². The predicted molar refractivity (Wildman–Crippen MR) is 122 cm³/mol. The molecule has 1 aromatic heterocycles. The molecule has 0 fully saturated rings. The quantitative estimate of drug-likeness (QED) is 0.409. The fourth-order valence-electron chi connectivity index (χ4n) is 2.95. The van der Waals surface area contributed by atoms with E-state index in [1.54, 1.807) is 66.8 Å². The molecule has 0 saturated heterocycles. The maximum atomic E-state index is 9.60. The molecule has 150 valence electrons. The van der Waals surface area contributed by atoms with Crippen molar-refractivity contribution in [3.63, 3.8) is 0 Å². The van der Waals surface area contributed by atoms with Crippen LogP contribution in [0.4, 0.5) is 0 Å². The number of allylic oxidation sites excluding steroid dienone is 6. The summed E-state index contributed by atoms with van der Waals surface area (Å²) in [6.07, 6.45) is 6.30. The third-order valence-electron chi connectivity index (χ3n) is 4.47. The van der Waals surface area contributed by atoms with Crippen LogP contribution in [-0.4, -0.2) is 15.0 Å². The van der Waals surface area contributed by atoms with Crippen molar-refractivity contribution in [1.29, 1.82) is 15.8 Å². The third-order valence-corrected chi connectivity index (χ3v) is 4.47. The zero-order chi connectivity index (χ0) is 22.9. The van der Waals surface area contributed by atoms with E-state index < -0.39 is 0 Å². The van der Waals surface area contributed by atoms with Gasteiger partial charge in [0.05, 0.1) is 34.9 Å². The summed E-state index contributed by atoms with van der Waals surface area (Å²) in [4.78, 5) is 13.7. The average molecular weight is 412 g/mol. The summed E-state index contributed by atoms with van der Waals surface area (Å²) in [5.41, 5.74) is 2.47. The number of hydrogen-bond donors (Lipinski definition) is 0. The van der Waals surface area contributed by atoms with Crippen LogP contribution in [0.2, 0.25) is 0 Å². The van der Waals surface area contributed by atoms with E-state index >= 15 is 0 Å². The summed E-state index contributed by atoms with van der Waals surface area (Å²) in [6.45, 7) is 7.37. The summed E-state index contributed by atoms with van der Waals surface area (Å²) < 4.78 is 0. The van der Waals surface area contributed by atoms with Gasteiger partial charge in [0.15, 0.2) is 17.5 Å². The van der Waals surface area contributed by atoms with Crippen molar-refractivity contribution in [3.05, 3.63) is 109 Å². The molecule has 0 saturated carbocycles. The summed E-state index contributed by atoms with van der Waals surface area (Å²) in [7, 11) is 0. The maximum absolute atomic E-state index is 9.60. The fourth-order valence-corrected chi connectivity index (χ4v) is 2.95. The van der Waals surface area contributed by atoms with Crippen LogP contribution in [0.25, 0.3) is 28.3 Å². The van der Waals surface area contributed by atoms with Crippen LogP contribution >= 0.6 is 0 Å². The van der Waals surface area contributed by atoms with Crippen LogP contribution in [0.1, 0.15) is 17.0 Å². The largest absolute Gasteiger partial charge is 0.208 e. The fraction of sp³-hybridized carbons (Fsp3) is 0. The van der Waals surface area contributed by atoms with E-state index in [1.807, 2.05) is 0 Å². The van der Waals surface area contributed by atoms with Gasteiger partial charge in [-0.25, -0.2) is 15.0 Å². The third kappa shape index (κ3) is 4.39. The summed E-state index contributed by atoms with van der Waals surface area (Å²) in [5.74, 6) is 0.710. The molecule has 0 unspecified atom stereocenters. The molecule has 1 heterocycles. The Morgan fingerprint density at radius 2 is 1.31 bits per heavy atom. The average Bonchev–Trinajstić information content (AvgIpc) is 2.86. The highest BCUT2D eigenvalue weighted by Gasteiger charge is 2.17. The van der Waals surface area contributed by atoms with Crippen LogP contribution < -0.4 is 0 Å². The highest BCUT2D eigenvalue weighted by molar-refractivity contribution is 5.80. The van der Waals surface area contributed by atoms with Crippen molar-refractivity contribution in [2.75, 3.05) is 0 Å². The lowest BCUT2D eigenvalue weighted by atomic mass is 10.0. The maximum Gasteiger partial charge on any atom is 0.165 e. The summed E-state index contributed by atoms with van der Waals surface area (Å²) >= 11 is 0.